The second kappa shape index (κ2) is 11.0. The summed E-state index contributed by atoms with van der Waals surface area (Å²) in [6.07, 6.45) is 7.97. The largest absolute Gasteiger partial charge is 0.360 e. The van der Waals surface area contributed by atoms with Gasteiger partial charge in [0, 0.05) is 30.5 Å². The van der Waals surface area contributed by atoms with E-state index >= 15 is 0 Å². The highest BCUT2D eigenvalue weighted by atomic mass is 32.2. The molecule has 3 aliphatic heterocycles. The van der Waals surface area contributed by atoms with E-state index in [2.05, 4.69) is 82.4 Å². The molecule has 0 aromatic heterocycles. The first-order valence-corrected chi connectivity index (χ1v) is 15.4. The number of aryl methyl sites for hydroxylation is 1. The van der Waals surface area contributed by atoms with Crippen molar-refractivity contribution in [2.24, 2.45) is 5.92 Å². The standard InChI is InChI=1S/C28H30N2S.CH4O3S/c1-3-8-20(9-4-1)12-13-22-18-29-19-25-24-15-14-23(21-10-5-2-6-11-21)28-27(24)30(26(22)25)16-7-17-31-28;1-5(2,3)4/h1-11,17,22-23,26,29H,12-16,18-19H2;1H3,(H,2,3,4). The Morgan fingerprint density at radius 1 is 1.08 bits per heavy atom. The molecule has 1 aliphatic carbocycles. The lowest BCUT2D eigenvalue weighted by atomic mass is 9.81. The number of fused-ring (bicyclic) bond motifs is 2. The van der Waals surface area contributed by atoms with E-state index in [4.69, 9.17) is 4.55 Å². The lowest BCUT2D eigenvalue weighted by Crippen LogP contribution is -2.48. The third kappa shape index (κ3) is 5.65. The number of rotatable bonds is 4. The molecular weight excluding hydrogens is 488 g/mol. The van der Waals surface area contributed by atoms with Crippen LogP contribution in [0.4, 0.5) is 0 Å². The van der Waals surface area contributed by atoms with Crippen LogP contribution in [0, 0.1) is 5.92 Å². The number of allylic oxidation sites excluding steroid dienone is 2. The summed E-state index contributed by atoms with van der Waals surface area (Å²) >= 11 is 1.98. The molecule has 0 amide bonds. The number of hydrogen-bond donors (Lipinski definition) is 2. The minimum absolute atomic E-state index is 0.534. The third-order valence-electron chi connectivity index (χ3n) is 7.50. The maximum atomic E-state index is 9.19. The summed E-state index contributed by atoms with van der Waals surface area (Å²) < 4.78 is 25.9. The van der Waals surface area contributed by atoms with E-state index in [1.807, 2.05) is 11.8 Å². The minimum atomic E-state index is -3.67. The van der Waals surface area contributed by atoms with E-state index < -0.39 is 10.1 Å². The molecule has 2 aromatic rings. The fraction of sp³-hybridized carbons (Fsp3) is 0.379. The van der Waals surface area contributed by atoms with Gasteiger partial charge in [0.1, 0.15) is 0 Å². The van der Waals surface area contributed by atoms with E-state index in [0.717, 1.165) is 19.6 Å². The van der Waals surface area contributed by atoms with Crippen LogP contribution in [-0.4, -0.2) is 49.8 Å². The lowest BCUT2D eigenvalue weighted by molar-refractivity contribution is 0.215. The minimum Gasteiger partial charge on any atom is -0.360 e. The molecule has 1 fully saturated rings. The number of benzene rings is 2. The zero-order valence-corrected chi connectivity index (χ0v) is 22.3. The van der Waals surface area contributed by atoms with Crippen molar-refractivity contribution in [3.8, 4) is 0 Å². The van der Waals surface area contributed by atoms with Crippen LogP contribution < -0.4 is 5.32 Å². The van der Waals surface area contributed by atoms with Gasteiger partial charge in [-0.25, -0.2) is 0 Å². The lowest BCUT2D eigenvalue weighted by Gasteiger charge is -2.39. The van der Waals surface area contributed by atoms with Crippen molar-refractivity contribution in [2.75, 3.05) is 25.9 Å². The van der Waals surface area contributed by atoms with Gasteiger partial charge in [-0.2, -0.15) is 8.42 Å². The molecule has 0 spiro atoms. The fourth-order valence-corrected chi connectivity index (χ4v) is 7.22. The molecule has 36 heavy (non-hydrogen) atoms. The summed E-state index contributed by atoms with van der Waals surface area (Å²) in [5.41, 5.74) is 7.89. The summed E-state index contributed by atoms with van der Waals surface area (Å²) in [6, 6.07) is 22.8. The molecule has 0 radical (unpaired) electrons. The topological polar surface area (TPSA) is 69.6 Å². The molecule has 3 unspecified atom stereocenters. The Morgan fingerprint density at radius 2 is 1.78 bits per heavy atom. The summed E-state index contributed by atoms with van der Waals surface area (Å²) in [5, 5.41) is 6.13. The van der Waals surface area contributed by atoms with E-state index in [-0.39, 0.29) is 0 Å². The zero-order chi connectivity index (χ0) is 25.1. The van der Waals surface area contributed by atoms with E-state index in [1.54, 1.807) is 21.7 Å². The number of piperidine rings is 1. The molecule has 2 aromatic carbocycles. The number of nitrogens with zero attached hydrogens (tertiary/aromatic N) is 1. The Hall–Kier alpha value is -2.32. The monoisotopic (exact) mass is 522 g/mol. The molecule has 2 N–H and O–H groups in total. The van der Waals surface area contributed by atoms with E-state index in [9.17, 15) is 8.42 Å². The Kier molecular flexibility index (Phi) is 7.72. The quantitative estimate of drug-likeness (QED) is 0.526. The van der Waals surface area contributed by atoms with Gasteiger partial charge in [0.15, 0.2) is 0 Å². The fourth-order valence-electron chi connectivity index (χ4n) is 6.12. The van der Waals surface area contributed by atoms with Gasteiger partial charge in [0.25, 0.3) is 10.1 Å². The van der Waals surface area contributed by atoms with Gasteiger partial charge in [0.2, 0.25) is 0 Å². The highest BCUT2D eigenvalue weighted by Gasteiger charge is 2.45. The molecular formula is C29H34N2O3S2. The average molecular weight is 523 g/mol. The molecule has 6 rings (SSSR count). The maximum absolute atomic E-state index is 9.19. The second-order valence-electron chi connectivity index (χ2n) is 9.95. The van der Waals surface area contributed by atoms with Crippen molar-refractivity contribution >= 4 is 21.9 Å². The smallest absolute Gasteiger partial charge is 0.261 e. The van der Waals surface area contributed by atoms with Gasteiger partial charge in [-0.05, 0) is 59.3 Å². The van der Waals surface area contributed by atoms with Crippen LogP contribution in [0.1, 0.15) is 36.3 Å². The predicted molar refractivity (Wildman–Crippen MR) is 148 cm³/mol. The van der Waals surface area contributed by atoms with Crippen LogP contribution in [-0.2, 0) is 16.5 Å². The first-order valence-electron chi connectivity index (χ1n) is 12.7. The SMILES string of the molecule is C1=CSC2=C3C(=C4CNCC(CCc5ccccc5)C4N3C1)CCC2c1ccccc1.CS(=O)(=O)O. The number of thioether (sulfide) groups is 1. The predicted octanol–water partition coefficient (Wildman–Crippen LogP) is 5.37. The third-order valence-corrected chi connectivity index (χ3v) is 8.56. The van der Waals surface area contributed by atoms with Gasteiger partial charge in [0.05, 0.1) is 18.0 Å². The van der Waals surface area contributed by atoms with Crippen LogP contribution in [0.3, 0.4) is 0 Å². The van der Waals surface area contributed by atoms with Gasteiger partial charge >= 0.3 is 0 Å². The molecule has 0 saturated carbocycles. The summed E-state index contributed by atoms with van der Waals surface area (Å²) in [7, 11) is -3.67. The van der Waals surface area contributed by atoms with Crippen molar-refractivity contribution in [1.82, 2.24) is 10.2 Å². The number of hydrogen-bond acceptors (Lipinski definition) is 5. The summed E-state index contributed by atoms with van der Waals surface area (Å²) in [4.78, 5) is 4.37. The first kappa shape index (κ1) is 25.3. The molecule has 3 atom stereocenters. The van der Waals surface area contributed by atoms with Gasteiger partial charge in [-0.15, -0.1) is 0 Å². The molecule has 4 aliphatic rings. The Morgan fingerprint density at radius 3 is 2.50 bits per heavy atom. The molecule has 7 heteroatoms. The summed E-state index contributed by atoms with van der Waals surface area (Å²) in [6.45, 7) is 3.25. The van der Waals surface area contributed by atoms with Crippen molar-refractivity contribution in [1.29, 1.82) is 0 Å². The van der Waals surface area contributed by atoms with E-state index in [1.165, 1.54) is 36.8 Å². The zero-order valence-electron chi connectivity index (χ0n) is 20.6. The maximum Gasteiger partial charge on any atom is 0.261 e. The summed E-state index contributed by atoms with van der Waals surface area (Å²) in [5.74, 6) is 1.20. The molecule has 190 valence electrons. The van der Waals surface area contributed by atoms with E-state index in [0.29, 0.717) is 24.1 Å². The first-order chi connectivity index (χ1) is 17.4. The van der Waals surface area contributed by atoms with Crippen LogP contribution in [0.5, 0.6) is 0 Å². The van der Waals surface area contributed by atoms with Crippen LogP contribution in [0.2, 0.25) is 0 Å². The van der Waals surface area contributed by atoms with Crippen molar-refractivity contribution in [3.63, 3.8) is 0 Å². The highest BCUT2D eigenvalue weighted by Crippen LogP contribution is 2.53. The Balaban J connectivity index is 0.000000489. The Bertz CT molecular complexity index is 1260. The van der Waals surface area contributed by atoms with Crippen LogP contribution in [0.25, 0.3) is 0 Å². The second-order valence-corrected chi connectivity index (χ2v) is 12.4. The van der Waals surface area contributed by atoms with Crippen LogP contribution >= 0.6 is 11.8 Å². The molecule has 0 bridgehead atoms. The van der Waals surface area contributed by atoms with Gasteiger partial charge in [-0.1, -0.05) is 78.5 Å². The normalized spacial score (nSPS) is 25.1. The van der Waals surface area contributed by atoms with Crippen molar-refractivity contribution in [3.05, 3.63) is 105 Å². The van der Waals surface area contributed by atoms with Crippen molar-refractivity contribution in [2.45, 2.75) is 37.6 Å². The van der Waals surface area contributed by atoms with Crippen LogP contribution in [0.15, 0.2) is 93.9 Å². The Labute approximate surface area is 219 Å². The molecule has 5 nitrogen and oxygen atoms in total. The highest BCUT2D eigenvalue weighted by molar-refractivity contribution is 8.05. The molecule has 1 saturated heterocycles. The number of nitrogens with one attached hydrogen (secondary N) is 1. The van der Waals surface area contributed by atoms with Gasteiger partial charge in [-0.3, -0.25) is 4.55 Å². The molecule has 3 heterocycles. The average Bonchev–Trinajstić information content (AvgIpc) is 3.03. The van der Waals surface area contributed by atoms with Gasteiger partial charge < -0.3 is 10.2 Å². The van der Waals surface area contributed by atoms with Crippen molar-refractivity contribution < 1.29 is 13.0 Å².